The first-order chi connectivity index (χ1) is 10.9. The molecule has 0 fully saturated rings. The Bertz CT molecular complexity index is 687. The third-order valence-corrected chi connectivity index (χ3v) is 4.81. The van der Waals surface area contributed by atoms with Gasteiger partial charge in [-0.15, -0.1) is 11.8 Å². The fourth-order valence-electron chi connectivity index (χ4n) is 2.15. The Hall–Kier alpha value is -2.18. The molecule has 5 nitrogen and oxygen atoms in total. The molecule has 6 heteroatoms. The molecule has 0 amide bonds. The Balaban J connectivity index is 2.35. The third kappa shape index (κ3) is 4.18. The number of carboxylic acids is 1. The number of nitrogens with two attached hydrogens (primary N) is 1. The number of aryl methyl sites for hydroxylation is 1. The molecule has 0 aliphatic rings. The van der Waals surface area contributed by atoms with Crippen molar-refractivity contribution in [2.75, 3.05) is 12.8 Å². The number of ether oxygens (including phenoxy) is 1. The van der Waals surface area contributed by atoms with E-state index in [-0.39, 0.29) is 0 Å². The van der Waals surface area contributed by atoms with Gasteiger partial charge in [0.2, 0.25) is 0 Å². The Morgan fingerprint density at radius 2 is 1.87 bits per heavy atom. The van der Waals surface area contributed by atoms with E-state index in [1.807, 2.05) is 25.1 Å². The fraction of sp³-hybridized carbons (Fsp3) is 0.235. The lowest BCUT2D eigenvalue weighted by atomic mass is 10.1. The highest BCUT2D eigenvalue weighted by Gasteiger charge is 2.29. The van der Waals surface area contributed by atoms with E-state index in [1.165, 1.54) is 11.8 Å². The molecule has 4 N–H and O–H groups in total. The Morgan fingerprint density at radius 1 is 1.22 bits per heavy atom. The maximum absolute atomic E-state index is 11.2. The number of rotatable bonds is 6. The van der Waals surface area contributed by atoms with Gasteiger partial charge in [-0.1, -0.05) is 18.2 Å². The van der Waals surface area contributed by atoms with E-state index < -0.39 is 17.3 Å². The molecule has 0 bridgehead atoms. The first-order valence-electron chi connectivity index (χ1n) is 7.00. The van der Waals surface area contributed by atoms with Crippen molar-refractivity contribution < 1.29 is 19.7 Å². The third-order valence-electron chi connectivity index (χ3n) is 3.40. The van der Waals surface area contributed by atoms with Crippen molar-refractivity contribution in [2.24, 2.45) is 0 Å². The van der Waals surface area contributed by atoms with Crippen LogP contribution in [0.5, 0.6) is 5.75 Å². The lowest BCUT2D eigenvalue weighted by molar-refractivity contribution is -0.146. The Labute approximate surface area is 139 Å². The summed E-state index contributed by atoms with van der Waals surface area (Å²) in [5.74, 6) is -0.610. The summed E-state index contributed by atoms with van der Waals surface area (Å²) in [6.45, 7) is 1.93. The average molecular weight is 333 g/mol. The molecule has 2 aromatic rings. The number of anilines is 1. The van der Waals surface area contributed by atoms with Crippen molar-refractivity contribution in [1.82, 2.24) is 0 Å². The van der Waals surface area contributed by atoms with Crippen LogP contribution < -0.4 is 10.5 Å². The highest BCUT2D eigenvalue weighted by Crippen LogP contribution is 2.41. The number of carboxylic acid groups (broad SMARTS) is 1. The molecule has 2 rings (SSSR count). The first kappa shape index (κ1) is 17.2. The van der Waals surface area contributed by atoms with E-state index in [9.17, 15) is 15.0 Å². The van der Waals surface area contributed by atoms with E-state index in [0.717, 1.165) is 10.5 Å². The minimum Gasteiger partial charge on any atom is -0.497 e. The molecule has 0 radical (unpaired) electrons. The summed E-state index contributed by atoms with van der Waals surface area (Å²) in [5, 5.41) is 18.6. The van der Waals surface area contributed by atoms with Gasteiger partial charge in [0.05, 0.1) is 12.4 Å². The van der Waals surface area contributed by atoms with Gasteiger partial charge in [-0.25, -0.2) is 4.79 Å². The Morgan fingerprint density at radius 3 is 2.39 bits per heavy atom. The van der Waals surface area contributed by atoms with E-state index in [0.29, 0.717) is 17.0 Å². The monoisotopic (exact) mass is 333 g/mol. The van der Waals surface area contributed by atoms with Crippen molar-refractivity contribution in [3.63, 3.8) is 0 Å². The minimum atomic E-state index is -1.55. The molecule has 0 heterocycles. The SMILES string of the molecule is COc1ccc(C(Sc2ccc(C)cc2N)C(O)C(=O)O)cc1. The molecule has 122 valence electrons. The second-order valence-corrected chi connectivity index (χ2v) is 6.32. The number of nitrogen functional groups attached to an aromatic ring is 1. The van der Waals surface area contributed by atoms with Gasteiger partial charge in [0.25, 0.3) is 0 Å². The van der Waals surface area contributed by atoms with E-state index in [4.69, 9.17) is 10.5 Å². The molecule has 0 saturated carbocycles. The van der Waals surface area contributed by atoms with Crippen molar-refractivity contribution in [2.45, 2.75) is 23.2 Å². The number of hydrogen-bond acceptors (Lipinski definition) is 5. The highest BCUT2D eigenvalue weighted by molar-refractivity contribution is 7.99. The summed E-state index contributed by atoms with van der Waals surface area (Å²) in [4.78, 5) is 12.0. The Kier molecular flexibility index (Phi) is 5.52. The van der Waals surface area contributed by atoms with Crippen LogP contribution in [-0.2, 0) is 4.79 Å². The lowest BCUT2D eigenvalue weighted by Gasteiger charge is -2.21. The normalized spacial score (nSPS) is 13.3. The number of benzene rings is 2. The molecule has 23 heavy (non-hydrogen) atoms. The van der Waals surface area contributed by atoms with Gasteiger partial charge >= 0.3 is 5.97 Å². The fourth-order valence-corrected chi connectivity index (χ4v) is 3.30. The average Bonchev–Trinajstić information content (AvgIpc) is 2.53. The molecular weight excluding hydrogens is 314 g/mol. The van der Waals surface area contributed by atoms with E-state index in [1.54, 1.807) is 31.4 Å². The number of aliphatic carboxylic acids is 1. The number of methoxy groups -OCH3 is 1. The molecule has 2 aromatic carbocycles. The van der Waals surface area contributed by atoms with E-state index >= 15 is 0 Å². The van der Waals surface area contributed by atoms with Crippen LogP contribution in [0.2, 0.25) is 0 Å². The van der Waals surface area contributed by atoms with Crippen molar-refractivity contribution in [3.05, 3.63) is 53.6 Å². The molecule has 0 aliphatic carbocycles. The zero-order chi connectivity index (χ0) is 17.0. The van der Waals surface area contributed by atoms with Crippen LogP contribution >= 0.6 is 11.8 Å². The van der Waals surface area contributed by atoms with Crippen molar-refractivity contribution in [3.8, 4) is 5.75 Å². The highest BCUT2D eigenvalue weighted by atomic mass is 32.2. The molecule has 2 unspecified atom stereocenters. The molecule has 0 aliphatic heterocycles. The van der Waals surface area contributed by atoms with Gasteiger partial charge in [-0.2, -0.15) is 0 Å². The van der Waals surface area contributed by atoms with Crippen LogP contribution in [0.25, 0.3) is 0 Å². The summed E-state index contributed by atoms with van der Waals surface area (Å²) in [6, 6.07) is 12.5. The summed E-state index contributed by atoms with van der Waals surface area (Å²) in [7, 11) is 1.56. The predicted molar refractivity (Wildman–Crippen MR) is 90.8 cm³/mol. The zero-order valence-electron chi connectivity index (χ0n) is 12.9. The first-order valence-corrected chi connectivity index (χ1v) is 7.88. The van der Waals surface area contributed by atoms with Crippen LogP contribution in [0.1, 0.15) is 16.4 Å². The van der Waals surface area contributed by atoms with Crippen LogP contribution in [-0.4, -0.2) is 29.4 Å². The summed E-state index contributed by atoms with van der Waals surface area (Å²) >= 11 is 1.23. The molecular formula is C17H19NO4S. The molecule has 0 aromatic heterocycles. The number of carbonyl (C=O) groups is 1. The topological polar surface area (TPSA) is 92.8 Å². The van der Waals surface area contributed by atoms with Crippen LogP contribution in [0.15, 0.2) is 47.4 Å². The van der Waals surface area contributed by atoms with Gasteiger partial charge in [0.1, 0.15) is 5.75 Å². The number of hydrogen-bond donors (Lipinski definition) is 3. The van der Waals surface area contributed by atoms with Gasteiger partial charge in [-0.3, -0.25) is 0 Å². The van der Waals surface area contributed by atoms with Gasteiger partial charge in [-0.05, 0) is 42.3 Å². The standard InChI is InChI=1S/C17H19NO4S/c1-10-3-8-14(13(18)9-10)23-16(15(19)17(20)21)11-4-6-12(22-2)7-5-11/h3-9,15-16,19H,18H2,1-2H3,(H,20,21). The second-order valence-electron chi connectivity index (χ2n) is 5.14. The molecule has 0 saturated heterocycles. The summed E-state index contributed by atoms with van der Waals surface area (Å²) < 4.78 is 5.10. The maximum Gasteiger partial charge on any atom is 0.334 e. The van der Waals surface area contributed by atoms with Crippen LogP contribution in [0, 0.1) is 6.92 Å². The quantitative estimate of drug-likeness (QED) is 0.556. The number of aliphatic hydroxyl groups is 1. The number of thioether (sulfide) groups is 1. The zero-order valence-corrected chi connectivity index (χ0v) is 13.7. The summed E-state index contributed by atoms with van der Waals surface area (Å²) in [5.41, 5.74) is 8.27. The van der Waals surface area contributed by atoms with Gasteiger partial charge < -0.3 is 20.7 Å². The lowest BCUT2D eigenvalue weighted by Crippen LogP contribution is -2.26. The van der Waals surface area contributed by atoms with Gasteiger partial charge in [0.15, 0.2) is 6.10 Å². The molecule has 0 spiro atoms. The van der Waals surface area contributed by atoms with Crippen molar-refractivity contribution in [1.29, 1.82) is 0 Å². The predicted octanol–water partition coefficient (Wildman–Crippen LogP) is 2.86. The summed E-state index contributed by atoms with van der Waals surface area (Å²) in [6.07, 6.45) is -1.55. The van der Waals surface area contributed by atoms with Gasteiger partial charge in [0, 0.05) is 10.6 Å². The number of aliphatic hydroxyl groups excluding tert-OH is 1. The van der Waals surface area contributed by atoms with Crippen LogP contribution in [0.3, 0.4) is 0 Å². The van der Waals surface area contributed by atoms with E-state index in [2.05, 4.69) is 0 Å². The van der Waals surface area contributed by atoms with Crippen LogP contribution in [0.4, 0.5) is 5.69 Å². The largest absolute Gasteiger partial charge is 0.497 e. The maximum atomic E-state index is 11.2. The second kappa shape index (κ2) is 7.39. The minimum absolute atomic E-state index is 0.561. The molecule has 2 atom stereocenters. The smallest absolute Gasteiger partial charge is 0.334 e. The van der Waals surface area contributed by atoms with Crippen molar-refractivity contribution >= 4 is 23.4 Å².